The Kier molecular flexibility index (Phi) is 6.21. The van der Waals surface area contributed by atoms with Crippen molar-refractivity contribution in [3.05, 3.63) is 71.2 Å². The lowest BCUT2D eigenvalue weighted by Crippen LogP contribution is -2.21. The summed E-state index contributed by atoms with van der Waals surface area (Å²) in [7, 11) is 3.85. The van der Waals surface area contributed by atoms with Crippen LogP contribution in [-0.2, 0) is 19.0 Å². The van der Waals surface area contributed by atoms with E-state index < -0.39 is 23.9 Å². The fourth-order valence-corrected chi connectivity index (χ4v) is 2.84. The van der Waals surface area contributed by atoms with E-state index in [0.29, 0.717) is 28.2 Å². The quantitative estimate of drug-likeness (QED) is 0.584. The molecule has 30 heavy (non-hydrogen) atoms. The van der Waals surface area contributed by atoms with Gasteiger partial charge in [0.15, 0.2) is 0 Å². The van der Waals surface area contributed by atoms with Gasteiger partial charge in [0.25, 0.3) is 0 Å². The van der Waals surface area contributed by atoms with Crippen molar-refractivity contribution < 1.29 is 28.6 Å². The summed E-state index contributed by atoms with van der Waals surface area (Å²) >= 11 is 0. The zero-order valence-electron chi connectivity index (χ0n) is 16.5. The molecule has 1 atom stereocenters. The Hall–Kier alpha value is -4.01. The second kappa shape index (κ2) is 8.99. The number of carbonyl (C=O) groups is 3. The lowest BCUT2D eigenvalue weighted by atomic mass is 10.0. The Labute approximate surface area is 172 Å². The third-order valence-corrected chi connectivity index (χ3v) is 4.33. The molecule has 3 heterocycles. The van der Waals surface area contributed by atoms with Crippen molar-refractivity contribution in [1.82, 2.24) is 15.3 Å². The molecule has 1 aliphatic rings. The number of nitrogens with one attached hydrogen (secondary N) is 1. The number of methoxy groups -OCH3 is 3. The van der Waals surface area contributed by atoms with Gasteiger partial charge >= 0.3 is 17.9 Å². The first-order valence-electron chi connectivity index (χ1n) is 8.84. The van der Waals surface area contributed by atoms with Crippen LogP contribution in [-0.4, -0.2) is 49.2 Å². The molecular formula is C21H19N3O6. The molecule has 3 rings (SSSR count). The number of hydrogen-bond donors (Lipinski definition) is 1. The largest absolute Gasteiger partial charge is 0.465 e. The zero-order valence-corrected chi connectivity index (χ0v) is 16.5. The van der Waals surface area contributed by atoms with Crippen molar-refractivity contribution in [3.8, 4) is 11.4 Å². The van der Waals surface area contributed by atoms with Gasteiger partial charge < -0.3 is 19.5 Å². The Balaban J connectivity index is 2.09. The van der Waals surface area contributed by atoms with E-state index in [-0.39, 0.29) is 5.56 Å². The normalized spacial score (nSPS) is 14.9. The van der Waals surface area contributed by atoms with Crippen molar-refractivity contribution in [2.24, 2.45) is 0 Å². The zero-order chi connectivity index (χ0) is 21.7. The van der Waals surface area contributed by atoms with Crippen LogP contribution in [0.15, 0.2) is 54.4 Å². The summed E-state index contributed by atoms with van der Waals surface area (Å²) in [6, 6.07) is 5.60. The molecule has 2 aromatic heterocycles. The van der Waals surface area contributed by atoms with Crippen LogP contribution >= 0.6 is 0 Å². The second-order valence-corrected chi connectivity index (χ2v) is 6.17. The molecule has 0 aromatic carbocycles. The highest BCUT2D eigenvalue weighted by Crippen LogP contribution is 2.25. The van der Waals surface area contributed by atoms with E-state index in [0.717, 1.165) is 0 Å². The molecule has 1 aliphatic heterocycles. The van der Waals surface area contributed by atoms with E-state index in [1.807, 2.05) is 0 Å². The van der Waals surface area contributed by atoms with Crippen molar-refractivity contribution in [2.45, 2.75) is 6.04 Å². The minimum Gasteiger partial charge on any atom is -0.465 e. The molecule has 0 bridgehead atoms. The van der Waals surface area contributed by atoms with Crippen LogP contribution in [0.4, 0.5) is 0 Å². The van der Waals surface area contributed by atoms with Crippen molar-refractivity contribution in [1.29, 1.82) is 0 Å². The number of nitrogens with zero attached hydrogens (tertiary/aromatic N) is 2. The van der Waals surface area contributed by atoms with Crippen LogP contribution < -0.4 is 5.32 Å². The van der Waals surface area contributed by atoms with Gasteiger partial charge in [0.05, 0.1) is 61.2 Å². The van der Waals surface area contributed by atoms with Crippen LogP contribution in [0, 0.1) is 0 Å². The monoisotopic (exact) mass is 409 g/mol. The molecule has 154 valence electrons. The maximum absolute atomic E-state index is 12.2. The first kappa shape index (κ1) is 20.7. The smallest absolute Gasteiger partial charge is 0.337 e. The summed E-state index contributed by atoms with van der Waals surface area (Å²) in [6.07, 6.45) is 6.26. The fraction of sp³-hybridized carbons (Fsp3) is 0.190. The molecule has 1 unspecified atom stereocenters. The molecule has 9 nitrogen and oxygen atoms in total. The van der Waals surface area contributed by atoms with E-state index in [4.69, 9.17) is 14.2 Å². The van der Waals surface area contributed by atoms with Crippen LogP contribution in [0.2, 0.25) is 0 Å². The lowest BCUT2D eigenvalue weighted by Gasteiger charge is -2.19. The summed E-state index contributed by atoms with van der Waals surface area (Å²) in [5.74, 6) is -1.57. The number of dihydropyridines is 1. The standard InChI is InChI=1S/C21H19N3O6/c1-28-19(25)12-4-6-22-15(8-12)17-10-14(21(27)30-3)11-18(24-17)16-9-13(5-7-23-16)20(26)29-2/h4-11,15,22H,1-3H3. The van der Waals surface area contributed by atoms with Gasteiger partial charge in [-0.15, -0.1) is 0 Å². The first-order valence-corrected chi connectivity index (χ1v) is 8.84. The van der Waals surface area contributed by atoms with Gasteiger partial charge in [-0.2, -0.15) is 0 Å². The molecule has 1 N–H and O–H groups in total. The summed E-state index contributed by atoms with van der Waals surface area (Å²) in [5, 5.41) is 3.07. The molecule has 9 heteroatoms. The predicted molar refractivity (Wildman–Crippen MR) is 105 cm³/mol. The third kappa shape index (κ3) is 4.35. The highest BCUT2D eigenvalue weighted by molar-refractivity contribution is 5.93. The number of rotatable bonds is 5. The summed E-state index contributed by atoms with van der Waals surface area (Å²) in [6.45, 7) is 0. The van der Waals surface area contributed by atoms with Crippen LogP contribution in [0.3, 0.4) is 0 Å². The highest BCUT2D eigenvalue weighted by atomic mass is 16.5. The number of pyridine rings is 2. The van der Waals surface area contributed by atoms with Gasteiger partial charge in [-0.1, -0.05) is 0 Å². The number of esters is 3. The van der Waals surface area contributed by atoms with Gasteiger partial charge in [-0.05, 0) is 42.6 Å². The molecule has 0 fully saturated rings. The molecule has 0 radical (unpaired) electrons. The Bertz CT molecular complexity index is 1060. The fourth-order valence-electron chi connectivity index (χ4n) is 2.84. The molecule has 0 spiro atoms. The Morgan fingerprint density at radius 2 is 1.57 bits per heavy atom. The van der Waals surface area contributed by atoms with E-state index in [2.05, 4.69) is 15.3 Å². The number of ether oxygens (including phenoxy) is 3. The second-order valence-electron chi connectivity index (χ2n) is 6.17. The minimum absolute atomic E-state index is 0.243. The topological polar surface area (TPSA) is 117 Å². The van der Waals surface area contributed by atoms with Gasteiger partial charge in [0, 0.05) is 6.20 Å². The summed E-state index contributed by atoms with van der Waals surface area (Å²) in [5.41, 5.74) is 2.05. The van der Waals surface area contributed by atoms with Crippen molar-refractivity contribution in [2.75, 3.05) is 21.3 Å². The maximum atomic E-state index is 12.2. The maximum Gasteiger partial charge on any atom is 0.337 e. The number of aromatic nitrogens is 2. The Morgan fingerprint density at radius 1 is 0.900 bits per heavy atom. The number of hydrogen-bond acceptors (Lipinski definition) is 9. The summed E-state index contributed by atoms with van der Waals surface area (Å²) in [4.78, 5) is 44.7. The van der Waals surface area contributed by atoms with Crippen LogP contribution in [0.1, 0.15) is 32.5 Å². The molecule has 0 saturated heterocycles. The average Bonchev–Trinajstić information content (AvgIpc) is 2.82. The highest BCUT2D eigenvalue weighted by Gasteiger charge is 2.21. The molecular weight excluding hydrogens is 390 g/mol. The molecule has 0 amide bonds. The number of carbonyl (C=O) groups excluding carboxylic acids is 3. The SMILES string of the molecule is COC(=O)C1=CC(c2cc(C(=O)OC)cc(-c3cc(C(=O)OC)ccn3)n2)NC=C1. The molecule has 0 saturated carbocycles. The average molecular weight is 409 g/mol. The van der Waals surface area contributed by atoms with Gasteiger partial charge in [-0.3, -0.25) is 4.98 Å². The molecule has 0 aliphatic carbocycles. The summed E-state index contributed by atoms with van der Waals surface area (Å²) < 4.78 is 14.3. The van der Waals surface area contributed by atoms with Crippen molar-refractivity contribution in [3.63, 3.8) is 0 Å². The predicted octanol–water partition coefficient (Wildman–Crippen LogP) is 1.97. The molecule has 2 aromatic rings. The minimum atomic E-state index is -0.562. The van der Waals surface area contributed by atoms with Crippen molar-refractivity contribution >= 4 is 17.9 Å². The lowest BCUT2D eigenvalue weighted by molar-refractivity contribution is -0.135. The first-order chi connectivity index (χ1) is 14.5. The van der Waals surface area contributed by atoms with Gasteiger partial charge in [0.2, 0.25) is 0 Å². The third-order valence-electron chi connectivity index (χ3n) is 4.33. The van der Waals surface area contributed by atoms with E-state index >= 15 is 0 Å². The van der Waals surface area contributed by atoms with Crippen LogP contribution in [0.5, 0.6) is 0 Å². The van der Waals surface area contributed by atoms with Gasteiger partial charge in [0.1, 0.15) is 0 Å². The van der Waals surface area contributed by atoms with Crippen LogP contribution in [0.25, 0.3) is 11.4 Å². The van der Waals surface area contributed by atoms with E-state index in [1.165, 1.54) is 45.7 Å². The Morgan fingerprint density at radius 3 is 2.27 bits per heavy atom. The van der Waals surface area contributed by atoms with E-state index in [9.17, 15) is 14.4 Å². The van der Waals surface area contributed by atoms with Gasteiger partial charge in [-0.25, -0.2) is 19.4 Å². The van der Waals surface area contributed by atoms with E-state index in [1.54, 1.807) is 24.4 Å².